The molecule has 0 saturated heterocycles. The number of benzene rings is 4. The molecule has 1 aromatic heterocycles. The van der Waals surface area contributed by atoms with Crippen molar-refractivity contribution in [3.63, 3.8) is 0 Å². The highest BCUT2D eigenvalue weighted by atomic mass is 127. The van der Waals surface area contributed by atoms with Gasteiger partial charge in [0.05, 0.1) is 43.1 Å². The van der Waals surface area contributed by atoms with Gasteiger partial charge in [-0.15, -0.1) is 0 Å². The lowest BCUT2D eigenvalue weighted by atomic mass is 10.1. The number of amides is 2. The van der Waals surface area contributed by atoms with Crippen LogP contribution in [-0.2, 0) is 14.8 Å². The Bertz CT molecular complexity index is 2130. The summed E-state index contributed by atoms with van der Waals surface area (Å²) in [6.07, 6.45) is -0.164. The maximum atomic E-state index is 13.9. The van der Waals surface area contributed by atoms with Crippen molar-refractivity contribution in [2.45, 2.75) is 18.2 Å². The number of anilines is 3. The number of carbonyl (C=O) groups excluding carboxylic acids is 2. The Morgan fingerprint density at radius 1 is 0.784 bits per heavy atom. The minimum atomic E-state index is -4.01. The molecular weight excluding hydrogens is 785 g/mol. The second-order valence-electron chi connectivity index (χ2n) is 11.4. The molecule has 3 N–H and O–H groups in total. The molecule has 4 aromatic carbocycles. The lowest BCUT2D eigenvalue weighted by Crippen LogP contribution is -2.37. The topological polar surface area (TPSA) is 148 Å². The fourth-order valence-electron chi connectivity index (χ4n) is 5.36. The van der Waals surface area contributed by atoms with Crippen molar-refractivity contribution in [1.82, 2.24) is 9.29 Å². The summed E-state index contributed by atoms with van der Waals surface area (Å²) < 4.78 is 46.4. The number of aryl methyl sites for hydroxylation is 1. The maximum Gasteiger partial charge on any atom is 0.255 e. The molecule has 0 saturated carbocycles. The van der Waals surface area contributed by atoms with E-state index in [1.165, 1.54) is 43.8 Å². The Hall–Kier alpha value is -4.93. The zero-order chi connectivity index (χ0) is 36.5. The van der Waals surface area contributed by atoms with Crippen LogP contribution in [0.5, 0.6) is 17.2 Å². The molecule has 0 aliphatic heterocycles. The van der Waals surface area contributed by atoms with Gasteiger partial charge in [0.25, 0.3) is 5.91 Å². The molecule has 0 bridgehead atoms. The first-order valence-electron chi connectivity index (χ1n) is 15.9. The normalized spacial score (nSPS) is 11.3. The van der Waals surface area contributed by atoms with Crippen LogP contribution in [0.25, 0.3) is 10.9 Å². The monoisotopic (exact) mass is 823 g/mol. The van der Waals surface area contributed by atoms with E-state index < -0.39 is 15.9 Å². The minimum absolute atomic E-state index is 0.0708. The Labute approximate surface area is 310 Å². The van der Waals surface area contributed by atoms with Gasteiger partial charge in [-0.2, -0.15) is 4.31 Å². The molecule has 1 heterocycles. The number of hydrogen-bond donors (Lipinski definition) is 3. The van der Waals surface area contributed by atoms with Gasteiger partial charge < -0.3 is 30.2 Å². The number of hydrogen-bond acceptors (Lipinski definition) is 9. The quantitative estimate of drug-likeness (QED) is 0.1000. The van der Waals surface area contributed by atoms with Crippen LogP contribution >= 0.6 is 22.6 Å². The Kier molecular flexibility index (Phi) is 12.3. The molecular formula is C37H38IN5O7S. The third kappa shape index (κ3) is 9.25. The van der Waals surface area contributed by atoms with E-state index >= 15 is 0 Å². The zero-order valence-electron chi connectivity index (χ0n) is 28.5. The number of methoxy groups -OCH3 is 3. The van der Waals surface area contributed by atoms with Crippen molar-refractivity contribution in [2.24, 2.45) is 0 Å². The predicted molar refractivity (Wildman–Crippen MR) is 207 cm³/mol. The van der Waals surface area contributed by atoms with Crippen molar-refractivity contribution in [3.8, 4) is 17.2 Å². The van der Waals surface area contributed by atoms with Crippen molar-refractivity contribution in [1.29, 1.82) is 0 Å². The molecule has 266 valence electrons. The zero-order valence-corrected chi connectivity index (χ0v) is 31.5. The Balaban J connectivity index is 1.33. The van der Waals surface area contributed by atoms with Gasteiger partial charge in [-0.1, -0.05) is 18.2 Å². The van der Waals surface area contributed by atoms with Gasteiger partial charge in [0.2, 0.25) is 15.9 Å². The molecule has 5 rings (SSSR count). The molecule has 0 spiro atoms. The van der Waals surface area contributed by atoms with Crippen molar-refractivity contribution >= 4 is 72.4 Å². The molecule has 2 amide bonds. The van der Waals surface area contributed by atoms with Gasteiger partial charge in [0.1, 0.15) is 17.2 Å². The highest BCUT2D eigenvalue weighted by molar-refractivity contribution is 14.1. The van der Waals surface area contributed by atoms with Crippen molar-refractivity contribution in [3.05, 3.63) is 106 Å². The van der Waals surface area contributed by atoms with Gasteiger partial charge in [-0.3, -0.25) is 14.6 Å². The van der Waals surface area contributed by atoms with Crippen LogP contribution in [0.2, 0.25) is 0 Å². The first kappa shape index (κ1) is 37.3. The second-order valence-corrected chi connectivity index (χ2v) is 14.5. The number of ether oxygens (including phenoxy) is 3. The SMILES string of the molecule is COc1ccc(S(=O)(=O)N(CCNc2cc(C)nc3ccc(I)cc23)CCC(=O)Nc2cc(OC)c(NC(=O)c3ccccc3)cc2OC)cc1. The number of nitrogens with zero attached hydrogens (tertiary/aromatic N) is 2. The predicted octanol–water partition coefficient (Wildman–Crippen LogP) is 6.56. The van der Waals surface area contributed by atoms with Gasteiger partial charge in [0.15, 0.2) is 0 Å². The molecule has 5 aromatic rings. The number of pyridine rings is 1. The summed E-state index contributed by atoms with van der Waals surface area (Å²) in [5, 5.41) is 9.92. The number of carbonyl (C=O) groups is 2. The highest BCUT2D eigenvalue weighted by Gasteiger charge is 2.26. The largest absolute Gasteiger partial charge is 0.497 e. The van der Waals surface area contributed by atoms with Crippen LogP contribution in [0.15, 0.2) is 95.9 Å². The van der Waals surface area contributed by atoms with E-state index in [9.17, 15) is 18.0 Å². The van der Waals surface area contributed by atoms with Gasteiger partial charge in [-0.25, -0.2) is 8.42 Å². The molecule has 0 aliphatic carbocycles. The van der Waals surface area contributed by atoms with Crippen LogP contribution in [0.4, 0.5) is 17.1 Å². The fraction of sp³-hybridized carbons (Fsp3) is 0.216. The fourth-order valence-corrected chi connectivity index (χ4v) is 7.29. The Morgan fingerprint density at radius 2 is 1.45 bits per heavy atom. The summed E-state index contributed by atoms with van der Waals surface area (Å²) in [4.78, 5) is 30.8. The first-order valence-corrected chi connectivity index (χ1v) is 18.4. The van der Waals surface area contributed by atoms with Gasteiger partial charge in [-0.05, 0) is 90.2 Å². The highest BCUT2D eigenvalue weighted by Crippen LogP contribution is 2.37. The molecule has 0 fully saturated rings. The molecule has 14 heteroatoms. The third-order valence-corrected chi connectivity index (χ3v) is 10.5. The number of aromatic nitrogens is 1. The summed E-state index contributed by atoms with van der Waals surface area (Å²) in [5.74, 6) is 0.283. The van der Waals surface area contributed by atoms with E-state index in [1.807, 2.05) is 37.3 Å². The van der Waals surface area contributed by atoms with Crippen LogP contribution in [-0.4, -0.2) is 70.5 Å². The lowest BCUT2D eigenvalue weighted by Gasteiger charge is -2.23. The lowest BCUT2D eigenvalue weighted by molar-refractivity contribution is -0.116. The van der Waals surface area contributed by atoms with E-state index in [1.54, 1.807) is 42.5 Å². The van der Waals surface area contributed by atoms with Gasteiger partial charge in [0, 0.05) is 64.1 Å². The van der Waals surface area contributed by atoms with Crippen LogP contribution in [0, 0.1) is 10.5 Å². The van der Waals surface area contributed by atoms with Crippen molar-refractivity contribution in [2.75, 3.05) is 56.9 Å². The molecule has 0 radical (unpaired) electrons. The van der Waals surface area contributed by atoms with E-state index in [0.717, 1.165) is 25.9 Å². The average Bonchev–Trinajstić information content (AvgIpc) is 3.13. The molecule has 12 nitrogen and oxygen atoms in total. The number of sulfonamides is 1. The number of halogens is 1. The van der Waals surface area contributed by atoms with E-state index in [0.29, 0.717) is 22.7 Å². The van der Waals surface area contributed by atoms with E-state index in [2.05, 4.69) is 43.5 Å². The standard InChI is InChI=1S/C37H38IN5O7S/c1-24-20-31(29-21-26(38)10-15-30(29)40-24)39-17-19-43(51(46,47)28-13-11-27(48-2)12-14-28)18-16-36(44)41-32-22-35(50-4)33(23-34(32)49-3)42-37(45)25-8-6-5-7-9-25/h5-15,20-23H,16-19H2,1-4H3,(H,39,40)(H,41,44)(H,42,45). The van der Waals surface area contributed by atoms with E-state index in [-0.39, 0.29) is 48.3 Å². The number of nitrogens with one attached hydrogen (secondary N) is 3. The van der Waals surface area contributed by atoms with Crippen LogP contribution < -0.4 is 30.2 Å². The maximum absolute atomic E-state index is 13.9. The summed E-state index contributed by atoms with van der Waals surface area (Å²) in [7, 11) is 0.372. The van der Waals surface area contributed by atoms with Crippen LogP contribution in [0.1, 0.15) is 22.5 Å². The molecule has 0 atom stereocenters. The third-order valence-electron chi connectivity index (χ3n) is 7.94. The molecule has 0 aliphatic rings. The summed E-state index contributed by atoms with van der Waals surface area (Å²) >= 11 is 2.24. The number of fused-ring (bicyclic) bond motifs is 1. The number of rotatable bonds is 15. The molecule has 0 unspecified atom stereocenters. The van der Waals surface area contributed by atoms with Crippen LogP contribution in [0.3, 0.4) is 0 Å². The summed E-state index contributed by atoms with van der Waals surface area (Å²) in [6.45, 7) is 2.13. The average molecular weight is 824 g/mol. The minimum Gasteiger partial charge on any atom is -0.497 e. The smallest absolute Gasteiger partial charge is 0.255 e. The van der Waals surface area contributed by atoms with Crippen molar-refractivity contribution < 1.29 is 32.2 Å². The van der Waals surface area contributed by atoms with E-state index in [4.69, 9.17) is 14.2 Å². The summed E-state index contributed by atoms with van der Waals surface area (Å²) in [5.41, 5.74) is 3.58. The first-order chi connectivity index (χ1) is 24.5. The second kappa shape index (κ2) is 16.9. The summed E-state index contributed by atoms with van der Waals surface area (Å²) in [6, 6.07) is 25.8. The Morgan fingerprint density at radius 3 is 2.10 bits per heavy atom. The molecule has 51 heavy (non-hydrogen) atoms. The van der Waals surface area contributed by atoms with Gasteiger partial charge >= 0.3 is 0 Å².